The lowest BCUT2D eigenvalue weighted by atomic mass is 10.1. The van der Waals surface area contributed by atoms with Crippen LogP contribution < -0.4 is 14.4 Å². The van der Waals surface area contributed by atoms with Gasteiger partial charge >= 0.3 is 0 Å². The average molecular weight is 418 g/mol. The Balaban J connectivity index is 1.82. The van der Waals surface area contributed by atoms with Crippen LogP contribution in [0, 0.1) is 0 Å². The third-order valence-corrected chi connectivity index (χ3v) is 5.45. The van der Waals surface area contributed by atoms with Crippen LogP contribution in [-0.2, 0) is 7.05 Å². The maximum Gasteiger partial charge on any atom is 0.124 e. The molecule has 0 amide bonds. The molecule has 0 spiro atoms. The van der Waals surface area contributed by atoms with Gasteiger partial charge < -0.3 is 14.4 Å². The molecule has 7 nitrogen and oxygen atoms in total. The summed E-state index contributed by atoms with van der Waals surface area (Å²) in [6, 6.07) is 12.4. The standard InChI is InChI=1S/C24H27N5O2/c1-6-16(2)29(19-9-20(30-4)12-21(10-19)31-5)18-7-8-22-23(11-18)27-24(14-25-22)17-13-26-28(3)15-17/h7-16H,6H2,1-5H3/t16-/m1/s1. The third kappa shape index (κ3) is 4.17. The highest BCUT2D eigenvalue weighted by Crippen LogP contribution is 2.36. The maximum atomic E-state index is 5.50. The summed E-state index contributed by atoms with van der Waals surface area (Å²) in [5.74, 6) is 1.50. The van der Waals surface area contributed by atoms with Gasteiger partial charge in [-0.3, -0.25) is 9.67 Å². The van der Waals surface area contributed by atoms with E-state index in [1.165, 1.54) is 0 Å². The van der Waals surface area contributed by atoms with E-state index in [4.69, 9.17) is 14.5 Å². The zero-order valence-electron chi connectivity index (χ0n) is 18.5. The summed E-state index contributed by atoms with van der Waals surface area (Å²) >= 11 is 0. The highest BCUT2D eigenvalue weighted by molar-refractivity contribution is 5.83. The Bertz CT molecular complexity index is 1180. The minimum absolute atomic E-state index is 0.253. The van der Waals surface area contributed by atoms with Gasteiger partial charge in [-0.2, -0.15) is 5.10 Å². The molecule has 0 unspecified atom stereocenters. The minimum Gasteiger partial charge on any atom is -0.497 e. The van der Waals surface area contributed by atoms with Crippen LogP contribution in [0.2, 0.25) is 0 Å². The fourth-order valence-electron chi connectivity index (χ4n) is 3.61. The second kappa shape index (κ2) is 8.63. The van der Waals surface area contributed by atoms with Crippen molar-refractivity contribution in [3.63, 3.8) is 0 Å². The average Bonchev–Trinajstić information content (AvgIpc) is 3.24. The molecular formula is C24H27N5O2. The molecule has 0 saturated carbocycles. The number of benzene rings is 2. The lowest BCUT2D eigenvalue weighted by Crippen LogP contribution is -2.27. The van der Waals surface area contributed by atoms with Crippen molar-refractivity contribution >= 4 is 22.4 Å². The van der Waals surface area contributed by atoms with Crippen LogP contribution in [0.1, 0.15) is 20.3 Å². The van der Waals surface area contributed by atoms with E-state index in [0.717, 1.165) is 51.6 Å². The molecule has 160 valence electrons. The van der Waals surface area contributed by atoms with Crippen LogP contribution in [0.4, 0.5) is 11.4 Å². The fraction of sp³-hybridized carbons (Fsp3) is 0.292. The van der Waals surface area contributed by atoms with E-state index >= 15 is 0 Å². The van der Waals surface area contributed by atoms with Crippen LogP contribution in [0.25, 0.3) is 22.3 Å². The van der Waals surface area contributed by atoms with Gasteiger partial charge in [-0.05, 0) is 31.5 Å². The number of aryl methyl sites for hydroxylation is 1. The molecule has 2 heterocycles. The van der Waals surface area contributed by atoms with E-state index in [1.54, 1.807) is 31.3 Å². The number of hydrogen-bond donors (Lipinski definition) is 0. The molecule has 0 saturated heterocycles. The first-order valence-electron chi connectivity index (χ1n) is 10.3. The first-order valence-corrected chi connectivity index (χ1v) is 10.3. The monoisotopic (exact) mass is 417 g/mol. The lowest BCUT2D eigenvalue weighted by molar-refractivity contribution is 0.394. The van der Waals surface area contributed by atoms with E-state index in [0.29, 0.717) is 0 Å². The van der Waals surface area contributed by atoms with Crippen molar-refractivity contribution in [2.75, 3.05) is 19.1 Å². The molecule has 31 heavy (non-hydrogen) atoms. The summed E-state index contributed by atoms with van der Waals surface area (Å²) in [5, 5.41) is 4.24. The highest BCUT2D eigenvalue weighted by atomic mass is 16.5. The lowest BCUT2D eigenvalue weighted by Gasteiger charge is -2.31. The number of methoxy groups -OCH3 is 2. The van der Waals surface area contributed by atoms with Crippen LogP contribution in [0.15, 0.2) is 55.0 Å². The van der Waals surface area contributed by atoms with E-state index < -0.39 is 0 Å². The number of ether oxygens (including phenoxy) is 2. The predicted molar refractivity (Wildman–Crippen MR) is 123 cm³/mol. The Morgan fingerprint density at radius 1 is 0.968 bits per heavy atom. The molecule has 0 bridgehead atoms. The molecule has 0 fully saturated rings. The number of anilines is 2. The van der Waals surface area contributed by atoms with Gasteiger partial charge in [0.05, 0.1) is 43.3 Å². The Hall–Kier alpha value is -3.61. The second-order valence-corrected chi connectivity index (χ2v) is 7.53. The van der Waals surface area contributed by atoms with Crippen LogP contribution in [0.5, 0.6) is 11.5 Å². The summed E-state index contributed by atoms with van der Waals surface area (Å²) in [7, 11) is 5.22. The molecule has 0 radical (unpaired) electrons. The molecule has 0 N–H and O–H groups in total. The van der Waals surface area contributed by atoms with E-state index in [2.05, 4.69) is 41.0 Å². The molecule has 2 aromatic carbocycles. The molecule has 0 aliphatic rings. The van der Waals surface area contributed by atoms with Crippen molar-refractivity contribution in [2.45, 2.75) is 26.3 Å². The number of fused-ring (bicyclic) bond motifs is 1. The summed E-state index contributed by atoms with van der Waals surface area (Å²) in [4.78, 5) is 11.7. The molecule has 4 aromatic rings. The zero-order valence-corrected chi connectivity index (χ0v) is 18.5. The maximum absolute atomic E-state index is 5.50. The molecule has 0 aliphatic heterocycles. The topological polar surface area (TPSA) is 65.3 Å². The van der Waals surface area contributed by atoms with E-state index in [9.17, 15) is 0 Å². The fourth-order valence-corrected chi connectivity index (χ4v) is 3.61. The SMILES string of the molecule is CC[C@@H](C)N(c1cc(OC)cc(OC)c1)c1ccc2ncc(-c3cnn(C)c3)nc2c1. The normalized spacial score (nSPS) is 12.0. The summed E-state index contributed by atoms with van der Waals surface area (Å²) in [6.07, 6.45) is 6.50. The van der Waals surface area contributed by atoms with Gasteiger partial charge in [0.1, 0.15) is 11.5 Å². The second-order valence-electron chi connectivity index (χ2n) is 7.53. The van der Waals surface area contributed by atoms with Gasteiger partial charge in [0.2, 0.25) is 0 Å². The molecule has 0 aliphatic carbocycles. The minimum atomic E-state index is 0.253. The van der Waals surface area contributed by atoms with Gasteiger partial charge in [0, 0.05) is 54.4 Å². The summed E-state index contributed by atoms with van der Waals surface area (Å²) < 4.78 is 12.8. The number of aromatic nitrogens is 4. The molecule has 1 atom stereocenters. The Labute approximate surface area is 182 Å². The van der Waals surface area contributed by atoms with Crippen molar-refractivity contribution in [1.82, 2.24) is 19.7 Å². The van der Waals surface area contributed by atoms with Gasteiger partial charge in [-0.1, -0.05) is 6.92 Å². The van der Waals surface area contributed by atoms with Gasteiger partial charge in [-0.15, -0.1) is 0 Å². The van der Waals surface area contributed by atoms with Crippen molar-refractivity contribution in [2.24, 2.45) is 7.05 Å². The van der Waals surface area contributed by atoms with E-state index in [1.807, 2.05) is 37.5 Å². The van der Waals surface area contributed by atoms with Crippen LogP contribution >= 0.6 is 0 Å². The van der Waals surface area contributed by atoms with Gasteiger partial charge in [0.15, 0.2) is 0 Å². The van der Waals surface area contributed by atoms with Crippen LogP contribution in [-0.4, -0.2) is 40.0 Å². The van der Waals surface area contributed by atoms with Crippen molar-refractivity contribution in [3.05, 3.63) is 55.0 Å². The number of rotatable bonds is 7. The van der Waals surface area contributed by atoms with Gasteiger partial charge in [-0.25, -0.2) is 4.98 Å². The predicted octanol–water partition coefficient (Wildman–Crippen LogP) is 4.98. The highest BCUT2D eigenvalue weighted by Gasteiger charge is 2.18. The van der Waals surface area contributed by atoms with Gasteiger partial charge in [0.25, 0.3) is 0 Å². The smallest absolute Gasteiger partial charge is 0.124 e. The zero-order chi connectivity index (χ0) is 22.0. The quantitative estimate of drug-likeness (QED) is 0.422. The number of hydrogen-bond acceptors (Lipinski definition) is 6. The Morgan fingerprint density at radius 2 is 1.71 bits per heavy atom. The van der Waals surface area contributed by atoms with Crippen molar-refractivity contribution in [1.29, 1.82) is 0 Å². The molecule has 2 aromatic heterocycles. The first kappa shape index (κ1) is 20.7. The van der Waals surface area contributed by atoms with Crippen LogP contribution in [0.3, 0.4) is 0 Å². The third-order valence-electron chi connectivity index (χ3n) is 5.45. The first-order chi connectivity index (χ1) is 15.0. The van der Waals surface area contributed by atoms with Crippen molar-refractivity contribution in [3.8, 4) is 22.8 Å². The summed E-state index contributed by atoms with van der Waals surface area (Å²) in [6.45, 7) is 4.38. The molecule has 7 heteroatoms. The number of nitrogens with zero attached hydrogens (tertiary/aromatic N) is 5. The van der Waals surface area contributed by atoms with Crippen molar-refractivity contribution < 1.29 is 9.47 Å². The van der Waals surface area contributed by atoms with E-state index in [-0.39, 0.29) is 6.04 Å². The summed E-state index contributed by atoms with van der Waals surface area (Å²) in [5.41, 5.74) is 5.47. The largest absolute Gasteiger partial charge is 0.497 e. The Morgan fingerprint density at radius 3 is 2.32 bits per heavy atom. The Kier molecular flexibility index (Phi) is 5.75. The molecular weight excluding hydrogens is 390 g/mol. The molecule has 4 rings (SSSR count).